The minimum Gasteiger partial charge on any atom is -0.452 e. The third-order valence-electron chi connectivity index (χ3n) is 6.10. The molecule has 0 amide bonds. The Morgan fingerprint density at radius 3 is 1.56 bits per heavy atom. The first-order valence-corrected chi connectivity index (χ1v) is 9.71. The van der Waals surface area contributed by atoms with Crippen LogP contribution in [0.1, 0.15) is 24.0 Å². The van der Waals surface area contributed by atoms with Gasteiger partial charge in [0.1, 0.15) is 11.5 Å². The van der Waals surface area contributed by atoms with Crippen LogP contribution in [0, 0.1) is 0 Å². The van der Waals surface area contributed by atoms with Gasteiger partial charge in [-0.3, -0.25) is 0 Å². The second-order valence-electron chi connectivity index (χ2n) is 7.64. The van der Waals surface area contributed by atoms with E-state index >= 15 is 0 Å². The summed E-state index contributed by atoms with van der Waals surface area (Å²) in [4.78, 5) is 0. The molecule has 2 aliphatic rings. The summed E-state index contributed by atoms with van der Waals surface area (Å²) in [5, 5.41) is 5.15. The number of benzene rings is 4. The fourth-order valence-electron chi connectivity index (χ4n) is 4.72. The molecule has 0 N–H and O–H groups in total. The van der Waals surface area contributed by atoms with Gasteiger partial charge in [-0.2, -0.15) is 0 Å². The van der Waals surface area contributed by atoms with Crippen molar-refractivity contribution in [3.63, 3.8) is 0 Å². The fourth-order valence-corrected chi connectivity index (χ4v) is 4.72. The molecule has 0 aliphatic carbocycles. The molecule has 0 radical (unpaired) electrons. The van der Waals surface area contributed by atoms with Crippen LogP contribution in [0.25, 0.3) is 21.5 Å². The standard InChI is InChI=1S/C25H20O2/c1-3-7-19-17(5-1)9-11-23-21(19)13-15-25(26-23)16-14-22-20-8-4-2-6-18(20)10-12-24(22)27-25/h1-12H,13-16H2. The molecule has 4 aromatic rings. The van der Waals surface area contributed by atoms with E-state index in [-0.39, 0.29) is 0 Å². The lowest BCUT2D eigenvalue weighted by Gasteiger charge is -2.42. The van der Waals surface area contributed by atoms with Crippen molar-refractivity contribution in [1.82, 2.24) is 0 Å². The van der Waals surface area contributed by atoms with Crippen LogP contribution in [0.2, 0.25) is 0 Å². The number of hydrogen-bond acceptors (Lipinski definition) is 2. The molecule has 0 unspecified atom stereocenters. The van der Waals surface area contributed by atoms with Gasteiger partial charge < -0.3 is 9.47 Å². The highest BCUT2D eigenvalue weighted by atomic mass is 16.7. The van der Waals surface area contributed by atoms with E-state index in [4.69, 9.17) is 9.47 Å². The first-order valence-electron chi connectivity index (χ1n) is 9.71. The number of ether oxygens (including phenoxy) is 2. The van der Waals surface area contributed by atoms with Gasteiger partial charge in [0.15, 0.2) is 0 Å². The van der Waals surface area contributed by atoms with Gasteiger partial charge in [0.05, 0.1) is 0 Å². The highest BCUT2D eigenvalue weighted by Gasteiger charge is 2.42. The number of fused-ring (bicyclic) bond motifs is 6. The summed E-state index contributed by atoms with van der Waals surface area (Å²) in [6, 6.07) is 25.6. The molecule has 2 heteroatoms. The van der Waals surface area contributed by atoms with Crippen molar-refractivity contribution in [2.45, 2.75) is 31.5 Å². The molecule has 0 atom stereocenters. The Kier molecular flexibility index (Phi) is 3.07. The maximum Gasteiger partial charge on any atom is 0.251 e. The van der Waals surface area contributed by atoms with Gasteiger partial charge in [-0.25, -0.2) is 0 Å². The number of rotatable bonds is 0. The van der Waals surface area contributed by atoms with Crippen molar-refractivity contribution in [2.24, 2.45) is 0 Å². The Bertz CT molecular complexity index is 1100. The monoisotopic (exact) mass is 352 g/mol. The molecule has 2 nitrogen and oxygen atoms in total. The molecular formula is C25H20O2. The van der Waals surface area contributed by atoms with E-state index < -0.39 is 5.79 Å². The summed E-state index contributed by atoms with van der Waals surface area (Å²) < 4.78 is 13.0. The minimum atomic E-state index is -0.537. The predicted octanol–water partition coefficient (Wildman–Crippen LogP) is 6.04. The lowest BCUT2D eigenvalue weighted by molar-refractivity contribution is -0.139. The second kappa shape index (κ2) is 5.50. The van der Waals surface area contributed by atoms with Gasteiger partial charge in [0.2, 0.25) is 0 Å². The summed E-state index contributed by atoms with van der Waals surface area (Å²) in [7, 11) is 0. The molecule has 4 aromatic carbocycles. The van der Waals surface area contributed by atoms with Crippen LogP contribution in [-0.2, 0) is 12.8 Å². The molecule has 2 aliphatic heterocycles. The van der Waals surface area contributed by atoms with Gasteiger partial charge in [0.25, 0.3) is 5.79 Å². The van der Waals surface area contributed by atoms with Crippen molar-refractivity contribution in [3.8, 4) is 11.5 Å². The fraction of sp³-hybridized carbons (Fsp3) is 0.200. The van der Waals surface area contributed by atoms with Gasteiger partial charge in [0, 0.05) is 24.0 Å². The zero-order valence-corrected chi connectivity index (χ0v) is 15.1. The molecule has 132 valence electrons. The molecule has 0 bridgehead atoms. The van der Waals surface area contributed by atoms with Crippen molar-refractivity contribution < 1.29 is 9.47 Å². The first-order chi connectivity index (χ1) is 13.3. The molecule has 0 saturated carbocycles. The lowest BCUT2D eigenvalue weighted by atomic mass is 9.88. The van der Waals surface area contributed by atoms with E-state index in [0.29, 0.717) is 0 Å². The van der Waals surface area contributed by atoms with Gasteiger partial charge >= 0.3 is 0 Å². The summed E-state index contributed by atoms with van der Waals surface area (Å²) >= 11 is 0. The van der Waals surface area contributed by atoms with Crippen molar-refractivity contribution in [2.75, 3.05) is 0 Å². The van der Waals surface area contributed by atoms with Crippen LogP contribution in [0.3, 0.4) is 0 Å². The van der Waals surface area contributed by atoms with E-state index in [9.17, 15) is 0 Å². The van der Waals surface area contributed by atoms with E-state index in [2.05, 4.69) is 72.8 Å². The van der Waals surface area contributed by atoms with Gasteiger partial charge in [-0.05, 0) is 46.5 Å². The van der Waals surface area contributed by atoms with Gasteiger partial charge in [-0.1, -0.05) is 60.7 Å². The van der Waals surface area contributed by atoms with E-state index in [1.165, 1.54) is 32.7 Å². The summed E-state index contributed by atoms with van der Waals surface area (Å²) in [5.41, 5.74) is 2.62. The Hall–Kier alpha value is -3.00. The zero-order valence-electron chi connectivity index (χ0n) is 15.1. The maximum absolute atomic E-state index is 6.52. The predicted molar refractivity (Wildman–Crippen MR) is 109 cm³/mol. The Morgan fingerprint density at radius 1 is 0.556 bits per heavy atom. The van der Waals surface area contributed by atoms with Crippen molar-refractivity contribution in [1.29, 1.82) is 0 Å². The van der Waals surface area contributed by atoms with Crippen molar-refractivity contribution >= 4 is 21.5 Å². The zero-order chi connectivity index (χ0) is 17.8. The third-order valence-corrected chi connectivity index (χ3v) is 6.10. The Morgan fingerprint density at radius 2 is 1.04 bits per heavy atom. The highest BCUT2D eigenvalue weighted by Crippen LogP contribution is 2.45. The Labute approximate surface area is 158 Å². The highest BCUT2D eigenvalue weighted by molar-refractivity contribution is 5.89. The Balaban J connectivity index is 1.40. The first kappa shape index (κ1) is 15.1. The SMILES string of the molecule is c1ccc2c3c(ccc2c1)OC1(CC3)CCc2c(ccc3ccccc23)O1. The van der Waals surface area contributed by atoms with Crippen molar-refractivity contribution in [3.05, 3.63) is 83.9 Å². The van der Waals surface area contributed by atoms with Crippen LogP contribution < -0.4 is 9.47 Å². The molecule has 27 heavy (non-hydrogen) atoms. The van der Waals surface area contributed by atoms with Gasteiger partial charge in [-0.15, -0.1) is 0 Å². The maximum atomic E-state index is 6.52. The molecule has 0 saturated heterocycles. The number of aryl methyl sites for hydroxylation is 2. The topological polar surface area (TPSA) is 18.5 Å². The molecule has 0 fully saturated rings. The molecule has 0 aromatic heterocycles. The van der Waals surface area contributed by atoms with E-state index in [0.717, 1.165) is 37.2 Å². The van der Waals surface area contributed by atoms with Crippen LogP contribution in [0.15, 0.2) is 72.8 Å². The average molecular weight is 352 g/mol. The van der Waals surface area contributed by atoms with Crippen LogP contribution >= 0.6 is 0 Å². The quantitative estimate of drug-likeness (QED) is 0.384. The smallest absolute Gasteiger partial charge is 0.251 e. The van der Waals surface area contributed by atoms with E-state index in [1.807, 2.05) is 0 Å². The minimum absolute atomic E-state index is 0.537. The normalized spacial score (nSPS) is 17.2. The molecule has 6 rings (SSSR count). The second-order valence-corrected chi connectivity index (χ2v) is 7.64. The summed E-state index contributed by atoms with van der Waals surface area (Å²) in [6.07, 6.45) is 3.75. The summed E-state index contributed by atoms with van der Waals surface area (Å²) in [5.74, 6) is 1.42. The lowest BCUT2D eigenvalue weighted by Crippen LogP contribution is -2.47. The molecule has 2 heterocycles. The van der Waals surface area contributed by atoms with Crippen LogP contribution in [-0.4, -0.2) is 5.79 Å². The summed E-state index contributed by atoms with van der Waals surface area (Å²) in [6.45, 7) is 0. The largest absolute Gasteiger partial charge is 0.452 e. The average Bonchev–Trinajstić information content (AvgIpc) is 2.73. The molecular weight excluding hydrogens is 332 g/mol. The molecule has 1 spiro atoms. The number of hydrogen-bond donors (Lipinski definition) is 0. The van der Waals surface area contributed by atoms with Crippen LogP contribution in [0.4, 0.5) is 0 Å². The third kappa shape index (κ3) is 2.26. The van der Waals surface area contributed by atoms with Crippen LogP contribution in [0.5, 0.6) is 11.5 Å². The van der Waals surface area contributed by atoms with E-state index in [1.54, 1.807) is 0 Å².